The Morgan fingerprint density at radius 3 is 2.73 bits per heavy atom. The van der Waals surface area contributed by atoms with Gasteiger partial charge in [-0.1, -0.05) is 28.1 Å². The summed E-state index contributed by atoms with van der Waals surface area (Å²) in [5, 5.41) is 4.90. The number of H-pyrrole nitrogens is 1. The van der Waals surface area contributed by atoms with Crippen LogP contribution in [0.1, 0.15) is 22.9 Å². The molecule has 1 aliphatic rings. The number of hydrogen-bond acceptors (Lipinski definition) is 2. The summed E-state index contributed by atoms with van der Waals surface area (Å²) in [4.78, 5) is 3.60. The van der Waals surface area contributed by atoms with Crippen molar-refractivity contribution in [2.75, 3.05) is 13.7 Å². The average molecular weight is 357 g/mol. The van der Waals surface area contributed by atoms with Crippen LogP contribution in [0.4, 0.5) is 0 Å². The van der Waals surface area contributed by atoms with Gasteiger partial charge in [0.15, 0.2) is 0 Å². The van der Waals surface area contributed by atoms with E-state index in [0.717, 1.165) is 23.2 Å². The molecule has 2 aromatic carbocycles. The number of rotatable bonds is 2. The smallest absolute Gasteiger partial charge is 0.119 e. The van der Waals surface area contributed by atoms with Gasteiger partial charge in [0, 0.05) is 27.6 Å². The van der Waals surface area contributed by atoms with Crippen molar-refractivity contribution < 1.29 is 4.74 Å². The van der Waals surface area contributed by atoms with Crippen LogP contribution in [0.5, 0.6) is 5.75 Å². The first-order valence-electron chi connectivity index (χ1n) is 7.43. The maximum atomic E-state index is 5.37. The van der Waals surface area contributed by atoms with Crippen LogP contribution >= 0.6 is 15.9 Å². The molecule has 4 heteroatoms. The molecule has 3 nitrogen and oxygen atoms in total. The van der Waals surface area contributed by atoms with E-state index in [1.54, 1.807) is 7.11 Å². The molecule has 0 bridgehead atoms. The zero-order valence-corrected chi connectivity index (χ0v) is 13.9. The number of nitrogens with one attached hydrogen (secondary N) is 2. The first-order chi connectivity index (χ1) is 10.8. The molecule has 1 aromatic heterocycles. The van der Waals surface area contributed by atoms with Crippen molar-refractivity contribution in [3.05, 3.63) is 63.8 Å². The molecule has 0 saturated carbocycles. The second-order valence-corrected chi connectivity index (χ2v) is 6.53. The summed E-state index contributed by atoms with van der Waals surface area (Å²) in [7, 11) is 1.71. The van der Waals surface area contributed by atoms with Crippen LogP contribution in [-0.2, 0) is 6.42 Å². The molecule has 0 aliphatic carbocycles. The largest absolute Gasteiger partial charge is 0.497 e. The summed E-state index contributed by atoms with van der Waals surface area (Å²) in [6, 6.07) is 15.0. The minimum atomic E-state index is 0.218. The van der Waals surface area contributed by atoms with Crippen LogP contribution in [0.15, 0.2) is 46.9 Å². The van der Waals surface area contributed by atoms with E-state index in [0.29, 0.717) is 0 Å². The van der Waals surface area contributed by atoms with E-state index in [2.05, 4.69) is 62.6 Å². The molecule has 4 rings (SSSR count). The number of methoxy groups -OCH3 is 1. The van der Waals surface area contributed by atoms with E-state index in [-0.39, 0.29) is 6.04 Å². The highest BCUT2D eigenvalue weighted by atomic mass is 79.9. The minimum Gasteiger partial charge on any atom is -0.497 e. The Labute approximate surface area is 137 Å². The lowest BCUT2D eigenvalue weighted by Crippen LogP contribution is -2.30. The van der Waals surface area contributed by atoms with Gasteiger partial charge in [0.1, 0.15) is 5.75 Å². The summed E-state index contributed by atoms with van der Waals surface area (Å²) < 4.78 is 6.48. The summed E-state index contributed by atoms with van der Waals surface area (Å²) in [5.74, 6) is 0.910. The first-order valence-corrected chi connectivity index (χ1v) is 8.23. The van der Waals surface area contributed by atoms with Gasteiger partial charge < -0.3 is 15.0 Å². The number of benzene rings is 2. The second-order valence-electron chi connectivity index (χ2n) is 5.62. The molecule has 1 unspecified atom stereocenters. The van der Waals surface area contributed by atoms with Crippen molar-refractivity contribution in [1.82, 2.24) is 10.3 Å². The molecule has 22 heavy (non-hydrogen) atoms. The van der Waals surface area contributed by atoms with E-state index in [4.69, 9.17) is 4.74 Å². The predicted molar refractivity (Wildman–Crippen MR) is 92.5 cm³/mol. The van der Waals surface area contributed by atoms with Crippen LogP contribution in [0.25, 0.3) is 10.9 Å². The van der Waals surface area contributed by atoms with E-state index in [1.165, 1.54) is 27.7 Å². The van der Waals surface area contributed by atoms with Gasteiger partial charge in [0.25, 0.3) is 0 Å². The van der Waals surface area contributed by atoms with Gasteiger partial charge in [-0.15, -0.1) is 0 Å². The summed E-state index contributed by atoms with van der Waals surface area (Å²) in [6.45, 7) is 0.984. The third-order valence-corrected chi connectivity index (χ3v) is 4.89. The van der Waals surface area contributed by atoms with Gasteiger partial charge in [-0.2, -0.15) is 0 Å². The van der Waals surface area contributed by atoms with E-state index in [9.17, 15) is 0 Å². The van der Waals surface area contributed by atoms with Crippen LogP contribution in [0.3, 0.4) is 0 Å². The highest BCUT2D eigenvalue weighted by Gasteiger charge is 2.25. The summed E-state index contributed by atoms with van der Waals surface area (Å²) in [5.41, 5.74) is 5.14. The lowest BCUT2D eigenvalue weighted by Gasteiger charge is -2.25. The molecule has 2 heterocycles. The topological polar surface area (TPSA) is 37.0 Å². The normalized spacial score (nSPS) is 17.5. The third kappa shape index (κ3) is 2.23. The lowest BCUT2D eigenvalue weighted by atomic mass is 9.94. The Hall–Kier alpha value is -1.78. The van der Waals surface area contributed by atoms with Crippen LogP contribution < -0.4 is 10.1 Å². The summed E-state index contributed by atoms with van der Waals surface area (Å²) in [6.07, 6.45) is 1.04. The maximum Gasteiger partial charge on any atom is 0.119 e. The molecular weight excluding hydrogens is 340 g/mol. The quantitative estimate of drug-likeness (QED) is 0.722. The van der Waals surface area contributed by atoms with Crippen LogP contribution in [0.2, 0.25) is 0 Å². The number of hydrogen-bond donors (Lipinski definition) is 2. The van der Waals surface area contributed by atoms with Crippen molar-refractivity contribution >= 4 is 26.8 Å². The molecule has 112 valence electrons. The van der Waals surface area contributed by atoms with E-state index in [1.807, 2.05) is 6.07 Å². The number of aromatic amines is 1. The van der Waals surface area contributed by atoms with Gasteiger partial charge >= 0.3 is 0 Å². The number of aromatic nitrogens is 1. The van der Waals surface area contributed by atoms with Crippen LogP contribution in [-0.4, -0.2) is 18.6 Å². The standard InChI is InChI=1S/C18H17BrN2O/c1-22-13-6-7-16-15(10-13)14-8-9-20-17(18(14)21-16)11-2-4-12(19)5-3-11/h2-7,10,17,20-21H,8-9H2,1H3. The van der Waals surface area contributed by atoms with Gasteiger partial charge in [-0.3, -0.25) is 0 Å². The number of fused-ring (bicyclic) bond motifs is 3. The molecule has 3 aromatic rings. The van der Waals surface area contributed by atoms with Crippen molar-refractivity contribution in [2.24, 2.45) is 0 Å². The Balaban J connectivity index is 1.85. The van der Waals surface area contributed by atoms with Gasteiger partial charge in [-0.05, 0) is 47.9 Å². The van der Waals surface area contributed by atoms with Crippen molar-refractivity contribution in [3.63, 3.8) is 0 Å². The zero-order valence-electron chi connectivity index (χ0n) is 12.3. The molecule has 0 radical (unpaired) electrons. The summed E-state index contributed by atoms with van der Waals surface area (Å²) >= 11 is 3.50. The molecular formula is C18H17BrN2O. The van der Waals surface area contributed by atoms with Crippen molar-refractivity contribution in [3.8, 4) is 5.75 Å². The molecule has 0 spiro atoms. The third-order valence-electron chi connectivity index (χ3n) is 4.36. The van der Waals surface area contributed by atoms with E-state index >= 15 is 0 Å². The van der Waals surface area contributed by atoms with Crippen molar-refractivity contribution in [1.29, 1.82) is 0 Å². The van der Waals surface area contributed by atoms with Gasteiger partial charge in [-0.25, -0.2) is 0 Å². The molecule has 1 aliphatic heterocycles. The molecule has 0 saturated heterocycles. The monoisotopic (exact) mass is 356 g/mol. The van der Waals surface area contributed by atoms with Crippen molar-refractivity contribution in [2.45, 2.75) is 12.5 Å². The Morgan fingerprint density at radius 2 is 1.95 bits per heavy atom. The average Bonchev–Trinajstić information content (AvgIpc) is 2.93. The molecule has 2 N–H and O–H groups in total. The Morgan fingerprint density at radius 1 is 1.14 bits per heavy atom. The van der Waals surface area contributed by atoms with Crippen LogP contribution in [0, 0.1) is 0 Å². The fraction of sp³-hybridized carbons (Fsp3) is 0.222. The molecule has 0 fully saturated rings. The number of halogens is 1. The predicted octanol–water partition coefficient (Wildman–Crippen LogP) is 4.17. The molecule has 1 atom stereocenters. The fourth-order valence-corrected chi connectivity index (χ4v) is 3.54. The van der Waals surface area contributed by atoms with E-state index < -0.39 is 0 Å². The maximum absolute atomic E-state index is 5.37. The first kappa shape index (κ1) is 13.9. The highest BCUT2D eigenvalue weighted by molar-refractivity contribution is 9.10. The SMILES string of the molecule is COc1ccc2[nH]c3c(c2c1)CCNC3c1ccc(Br)cc1. The van der Waals surface area contributed by atoms with Gasteiger partial charge in [0.05, 0.1) is 13.2 Å². The van der Waals surface area contributed by atoms with Gasteiger partial charge in [0.2, 0.25) is 0 Å². The Bertz CT molecular complexity index is 823. The Kier molecular flexibility index (Phi) is 3.43. The number of ether oxygens (including phenoxy) is 1. The second kappa shape index (κ2) is 5.45. The fourth-order valence-electron chi connectivity index (χ4n) is 3.27. The minimum absolute atomic E-state index is 0.218. The zero-order chi connectivity index (χ0) is 15.1. The lowest BCUT2D eigenvalue weighted by molar-refractivity contribution is 0.415. The highest BCUT2D eigenvalue weighted by Crippen LogP contribution is 2.35. The molecule has 0 amide bonds.